The molecule has 1 heterocycles. The van der Waals surface area contributed by atoms with Crippen LogP contribution in [-0.4, -0.2) is 50.7 Å². The van der Waals surface area contributed by atoms with Crippen molar-refractivity contribution in [2.75, 3.05) is 27.8 Å². The van der Waals surface area contributed by atoms with Gasteiger partial charge in [-0.2, -0.15) is 5.26 Å². The van der Waals surface area contributed by atoms with E-state index in [0.717, 1.165) is 0 Å². The fourth-order valence-electron chi connectivity index (χ4n) is 2.64. The first kappa shape index (κ1) is 13.3. The minimum atomic E-state index is -0.585. The minimum absolute atomic E-state index is 0.235. The second kappa shape index (κ2) is 4.86. The average molecular weight is 262 g/mol. The summed E-state index contributed by atoms with van der Waals surface area (Å²) in [5.41, 5.74) is 1.03. The van der Waals surface area contributed by atoms with E-state index in [2.05, 4.69) is 6.07 Å². The van der Waals surface area contributed by atoms with Crippen LogP contribution < -0.4 is 0 Å². The summed E-state index contributed by atoms with van der Waals surface area (Å²) in [6.07, 6.45) is 1.76. The Morgan fingerprint density at radius 2 is 1.89 bits per heavy atom. The van der Waals surface area contributed by atoms with Crippen LogP contribution in [0.1, 0.15) is 0 Å². The zero-order valence-electron chi connectivity index (χ0n) is 11.0. The molecule has 0 radical (unpaired) electrons. The molecule has 0 N–H and O–H groups in total. The van der Waals surface area contributed by atoms with Crippen molar-refractivity contribution in [3.8, 4) is 6.07 Å². The maximum absolute atomic E-state index is 11.8. The van der Waals surface area contributed by atoms with Gasteiger partial charge in [0, 0.05) is 18.0 Å². The molecule has 0 saturated heterocycles. The first-order valence-corrected chi connectivity index (χ1v) is 5.77. The molecule has 1 aliphatic carbocycles. The highest BCUT2D eigenvalue weighted by molar-refractivity contribution is 6.06. The summed E-state index contributed by atoms with van der Waals surface area (Å²) < 4.78 is 9.41. The molecule has 2 aliphatic rings. The Balaban J connectivity index is 2.52. The summed E-state index contributed by atoms with van der Waals surface area (Å²) in [5.74, 6) is -1.53. The van der Waals surface area contributed by atoms with Crippen LogP contribution in [0.2, 0.25) is 0 Å². The summed E-state index contributed by atoms with van der Waals surface area (Å²) in [6.45, 7) is 0.555. The molecule has 0 fully saturated rings. The van der Waals surface area contributed by atoms with Crippen molar-refractivity contribution in [1.29, 1.82) is 5.26 Å². The summed E-state index contributed by atoms with van der Waals surface area (Å²) in [7, 11) is 4.35. The molecule has 2 atom stereocenters. The number of hydrogen-bond acceptors (Lipinski definition) is 6. The molecular weight excluding hydrogens is 248 g/mol. The van der Waals surface area contributed by atoms with Gasteiger partial charge in [0.25, 0.3) is 0 Å². The first-order chi connectivity index (χ1) is 9.06. The topological polar surface area (TPSA) is 79.6 Å². The van der Waals surface area contributed by atoms with Crippen LogP contribution in [0.25, 0.3) is 0 Å². The average Bonchev–Trinajstić information content (AvgIpc) is 2.39. The Bertz CT molecular complexity index is 541. The van der Waals surface area contributed by atoms with E-state index in [9.17, 15) is 9.59 Å². The number of nitrogens with zero attached hydrogens (tertiary/aromatic N) is 2. The molecule has 0 amide bonds. The normalized spacial score (nSPS) is 25.7. The van der Waals surface area contributed by atoms with E-state index in [4.69, 9.17) is 14.7 Å². The standard InChI is InChI=1S/C13H14N2O4/c1-15-5-4-7(6-14)8-9(12(16)18-2)10(11(8)15)13(17)19-3/h4,8,11H,5H2,1-3H3. The van der Waals surface area contributed by atoms with Crippen LogP contribution in [-0.2, 0) is 19.1 Å². The van der Waals surface area contributed by atoms with Crippen LogP contribution >= 0.6 is 0 Å². The van der Waals surface area contributed by atoms with E-state index in [1.165, 1.54) is 14.2 Å². The lowest BCUT2D eigenvalue weighted by atomic mass is 9.66. The number of methoxy groups -OCH3 is 2. The van der Waals surface area contributed by atoms with E-state index in [-0.39, 0.29) is 11.6 Å². The molecule has 0 spiro atoms. The number of fused-ring (bicyclic) bond motifs is 1. The van der Waals surface area contributed by atoms with Crippen LogP contribution in [0.15, 0.2) is 22.8 Å². The molecule has 100 valence electrons. The van der Waals surface area contributed by atoms with Crippen LogP contribution in [0, 0.1) is 17.2 Å². The van der Waals surface area contributed by atoms with Gasteiger partial charge in [-0.15, -0.1) is 0 Å². The second-order valence-electron chi connectivity index (χ2n) is 4.44. The van der Waals surface area contributed by atoms with E-state index >= 15 is 0 Å². The zero-order valence-corrected chi connectivity index (χ0v) is 11.0. The highest BCUT2D eigenvalue weighted by Gasteiger charge is 2.52. The Labute approximate surface area is 110 Å². The number of ether oxygens (including phenoxy) is 2. The number of carbonyl (C=O) groups excluding carboxylic acids is 2. The second-order valence-corrected chi connectivity index (χ2v) is 4.44. The number of esters is 2. The summed E-state index contributed by atoms with van der Waals surface area (Å²) >= 11 is 0. The van der Waals surface area contributed by atoms with E-state index in [0.29, 0.717) is 17.7 Å². The molecule has 2 unspecified atom stereocenters. The molecule has 6 heteroatoms. The molecule has 6 nitrogen and oxygen atoms in total. The highest BCUT2D eigenvalue weighted by atomic mass is 16.5. The molecule has 0 aromatic heterocycles. The van der Waals surface area contributed by atoms with Gasteiger partial charge in [-0.05, 0) is 7.05 Å². The van der Waals surface area contributed by atoms with Gasteiger partial charge in [-0.25, -0.2) is 9.59 Å². The summed E-state index contributed by atoms with van der Waals surface area (Å²) in [4.78, 5) is 25.5. The number of rotatable bonds is 2. The van der Waals surface area contributed by atoms with Crippen molar-refractivity contribution in [3.63, 3.8) is 0 Å². The summed E-state index contributed by atoms with van der Waals surface area (Å²) in [6, 6.07) is 1.79. The number of likely N-dealkylation sites (N-methyl/N-ethyl adjacent to an activating group) is 1. The fourth-order valence-corrected chi connectivity index (χ4v) is 2.64. The maximum Gasteiger partial charge on any atom is 0.335 e. The first-order valence-electron chi connectivity index (χ1n) is 5.77. The van der Waals surface area contributed by atoms with Crippen LogP contribution in [0.4, 0.5) is 0 Å². The Hall–Kier alpha value is -2.13. The largest absolute Gasteiger partial charge is 0.466 e. The zero-order chi connectivity index (χ0) is 14.2. The van der Waals surface area contributed by atoms with Gasteiger partial charge in [-0.3, -0.25) is 4.90 Å². The van der Waals surface area contributed by atoms with Gasteiger partial charge in [0.1, 0.15) is 0 Å². The SMILES string of the molecule is COC(=O)C1=C(C(=O)OC)C2C1C(C#N)=CCN2C. The van der Waals surface area contributed by atoms with E-state index in [1.807, 2.05) is 11.9 Å². The smallest absolute Gasteiger partial charge is 0.335 e. The molecular formula is C13H14N2O4. The molecule has 0 saturated carbocycles. The number of nitriles is 1. The Morgan fingerprint density at radius 3 is 2.42 bits per heavy atom. The third kappa shape index (κ3) is 1.83. The van der Waals surface area contributed by atoms with E-state index in [1.54, 1.807) is 6.08 Å². The van der Waals surface area contributed by atoms with Crippen molar-refractivity contribution < 1.29 is 19.1 Å². The number of hydrogen-bond donors (Lipinski definition) is 0. The molecule has 19 heavy (non-hydrogen) atoms. The van der Waals surface area contributed by atoms with Crippen molar-refractivity contribution in [1.82, 2.24) is 4.90 Å². The fraction of sp³-hybridized carbons (Fsp3) is 0.462. The van der Waals surface area contributed by atoms with Gasteiger partial charge < -0.3 is 9.47 Å². The molecule has 0 aromatic carbocycles. The van der Waals surface area contributed by atoms with Gasteiger partial charge >= 0.3 is 11.9 Å². The maximum atomic E-state index is 11.8. The number of carbonyl (C=O) groups is 2. The van der Waals surface area contributed by atoms with Crippen molar-refractivity contribution in [3.05, 3.63) is 22.8 Å². The van der Waals surface area contributed by atoms with E-state index < -0.39 is 17.9 Å². The van der Waals surface area contributed by atoms with Gasteiger partial charge in [0.05, 0.1) is 37.5 Å². The molecule has 2 rings (SSSR count). The Morgan fingerprint density at radius 1 is 1.32 bits per heavy atom. The lowest BCUT2D eigenvalue weighted by Crippen LogP contribution is -2.54. The quantitative estimate of drug-likeness (QED) is 0.653. The van der Waals surface area contributed by atoms with Gasteiger partial charge in [-0.1, -0.05) is 6.08 Å². The monoisotopic (exact) mass is 262 g/mol. The summed E-state index contributed by atoms with van der Waals surface area (Å²) in [5, 5.41) is 9.13. The third-order valence-corrected chi connectivity index (χ3v) is 3.56. The molecule has 1 aliphatic heterocycles. The van der Waals surface area contributed by atoms with Crippen molar-refractivity contribution in [2.24, 2.45) is 5.92 Å². The van der Waals surface area contributed by atoms with Crippen molar-refractivity contribution in [2.45, 2.75) is 6.04 Å². The van der Waals surface area contributed by atoms with Crippen molar-refractivity contribution >= 4 is 11.9 Å². The highest BCUT2D eigenvalue weighted by Crippen LogP contribution is 2.45. The molecule has 0 bridgehead atoms. The minimum Gasteiger partial charge on any atom is -0.466 e. The van der Waals surface area contributed by atoms with Crippen LogP contribution in [0.3, 0.4) is 0 Å². The lowest BCUT2D eigenvalue weighted by molar-refractivity contribution is -0.142. The van der Waals surface area contributed by atoms with Gasteiger partial charge in [0.2, 0.25) is 0 Å². The predicted molar refractivity (Wildman–Crippen MR) is 64.7 cm³/mol. The van der Waals surface area contributed by atoms with Gasteiger partial charge in [0.15, 0.2) is 0 Å². The Kier molecular flexibility index (Phi) is 3.40. The van der Waals surface area contributed by atoms with Crippen LogP contribution in [0.5, 0.6) is 0 Å². The predicted octanol–water partition coefficient (Wildman–Crippen LogP) is 0.0228. The third-order valence-electron chi connectivity index (χ3n) is 3.56. The lowest BCUT2D eigenvalue weighted by Gasteiger charge is -2.46. The molecule has 0 aromatic rings.